The molecule has 0 amide bonds. The third-order valence-corrected chi connectivity index (χ3v) is 3.82. The summed E-state index contributed by atoms with van der Waals surface area (Å²) in [5.74, 6) is -0.180. The third kappa shape index (κ3) is 2.82. The summed E-state index contributed by atoms with van der Waals surface area (Å²) in [4.78, 5) is 11.9. The molecule has 1 aliphatic rings. The number of carbonyl (C=O) groups excluding carboxylic acids is 1. The molecule has 0 spiro atoms. The Labute approximate surface area is 105 Å². The second-order valence-corrected chi connectivity index (χ2v) is 5.04. The van der Waals surface area contributed by atoms with E-state index in [9.17, 15) is 4.79 Å². The zero-order chi connectivity index (χ0) is 12.9. The van der Waals surface area contributed by atoms with Crippen LogP contribution in [0.1, 0.15) is 66.2 Å². The van der Waals surface area contributed by atoms with E-state index in [1.165, 1.54) is 19.3 Å². The van der Waals surface area contributed by atoms with Crippen molar-refractivity contribution < 1.29 is 14.3 Å². The molecule has 1 heterocycles. The molecule has 0 aromatic heterocycles. The largest absolute Gasteiger partial charge is 0.464 e. The van der Waals surface area contributed by atoms with Gasteiger partial charge in [0.05, 0.1) is 6.61 Å². The molecule has 1 saturated heterocycles. The van der Waals surface area contributed by atoms with Crippen molar-refractivity contribution in [2.45, 2.75) is 77.4 Å². The first kappa shape index (κ1) is 14.5. The summed E-state index contributed by atoms with van der Waals surface area (Å²) in [5.41, 5.74) is -0.947. The van der Waals surface area contributed by atoms with E-state index in [4.69, 9.17) is 9.47 Å². The maximum atomic E-state index is 11.9. The summed E-state index contributed by atoms with van der Waals surface area (Å²) in [7, 11) is 0. The predicted octanol–water partition coefficient (Wildman–Crippen LogP) is 3.46. The van der Waals surface area contributed by atoms with E-state index < -0.39 is 5.60 Å². The molecule has 3 nitrogen and oxygen atoms in total. The van der Waals surface area contributed by atoms with Crippen LogP contribution in [0.4, 0.5) is 0 Å². The van der Waals surface area contributed by atoms with E-state index in [0.717, 1.165) is 12.8 Å². The van der Waals surface area contributed by atoms with Gasteiger partial charge >= 0.3 is 5.97 Å². The highest BCUT2D eigenvalue weighted by Gasteiger charge is 2.71. The Morgan fingerprint density at radius 3 is 2.41 bits per heavy atom. The van der Waals surface area contributed by atoms with Crippen LogP contribution in [0.2, 0.25) is 0 Å². The van der Waals surface area contributed by atoms with E-state index in [1.807, 2.05) is 20.8 Å². The molecular formula is C14H26O3. The average molecular weight is 242 g/mol. The van der Waals surface area contributed by atoms with Gasteiger partial charge in [-0.1, -0.05) is 39.5 Å². The molecule has 0 radical (unpaired) electrons. The predicted molar refractivity (Wildman–Crippen MR) is 67.9 cm³/mol. The molecule has 2 atom stereocenters. The average Bonchev–Trinajstić information content (AvgIpc) is 2.93. The van der Waals surface area contributed by atoms with Gasteiger partial charge in [-0.3, -0.25) is 0 Å². The number of epoxide rings is 1. The lowest BCUT2D eigenvalue weighted by molar-refractivity contribution is -0.149. The van der Waals surface area contributed by atoms with Gasteiger partial charge in [0.25, 0.3) is 0 Å². The van der Waals surface area contributed by atoms with Crippen molar-refractivity contribution >= 4 is 5.97 Å². The summed E-state index contributed by atoms with van der Waals surface area (Å²) in [6.07, 6.45) is 6.50. The maximum absolute atomic E-state index is 11.9. The molecule has 1 fully saturated rings. The van der Waals surface area contributed by atoms with Gasteiger partial charge in [0.15, 0.2) is 5.60 Å². The summed E-state index contributed by atoms with van der Waals surface area (Å²) in [5, 5.41) is 0. The molecule has 0 aromatic rings. The minimum atomic E-state index is -0.658. The molecule has 1 rings (SSSR count). The third-order valence-electron chi connectivity index (χ3n) is 3.82. The van der Waals surface area contributed by atoms with Gasteiger partial charge in [-0.05, 0) is 26.7 Å². The van der Waals surface area contributed by atoms with Crippen LogP contribution in [0.5, 0.6) is 0 Å². The standard InChI is InChI=1S/C14H26O3/c1-5-8-9-10-11-13(4)14(6-2,17-13)12(15)16-7-3/h5-11H2,1-4H3. The van der Waals surface area contributed by atoms with Crippen molar-refractivity contribution in [1.82, 2.24) is 0 Å². The SMILES string of the molecule is CCCCCCC1(C)OC1(CC)C(=O)OCC. The lowest BCUT2D eigenvalue weighted by Gasteiger charge is -2.14. The fraction of sp³-hybridized carbons (Fsp3) is 0.929. The number of hydrogen-bond acceptors (Lipinski definition) is 3. The van der Waals surface area contributed by atoms with Crippen molar-refractivity contribution in [2.75, 3.05) is 6.61 Å². The summed E-state index contributed by atoms with van der Waals surface area (Å²) in [6.45, 7) is 8.50. The minimum absolute atomic E-state index is 0.180. The Balaban J connectivity index is 2.47. The smallest absolute Gasteiger partial charge is 0.341 e. The Kier molecular flexibility index (Phi) is 4.99. The van der Waals surface area contributed by atoms with Crippen LogP contribution < -0.4 is 0 Å². The van der Waals surface area contributed by atoms with Gasteiger partial charge in [0.2, 0.25) is 0 Å². The van der Waals surface area contributed by atoms with Gasteiger partial charge in [0.1, 0.15) is 5.60 Å². The van der Waals surface area contributed by atoms with Crippen molar-refractivity contribution in [3.8, 4) is 0 Å². The first-order chi connectivity index (χ1) is 8.06. The highest BCUT2D eigenvalue weighted by Crippen LogP contribution is 2.54. The fourth-order valence-electron chi connectivity index (χ4n) is 2.60. The molecule has 0 aromatic carbocycles. The Morgan fingerprint density at radius 2 is 1.88 bits per heavy atom. The second-order valence-electron chi connectivity index (χ2n) is 5.04. The van der Waals surface area contributed by atoms with Crippen LogP contribution in [-0.2, 0) is 14.3 Å². The molecule has 0 saturated carbocycles. The van der Waals surface area contributed by atoms with Crippen LogP contribution in [-0.4, -0.2) is 23.8 Å². The number of ether oxygens (including phenoxy) is 2. The number of carbonyl (C=O) groups is 1. The Bertz CT molecular complexity index is 264. The van der Waals surface area contributed by atoms with Crippen molar-refractivity contribution in [3.63, 3.8) is 0 Å². The Morgan fingerprint density at radius 1 is 1.18 bits per heavy atom. The van der Waals surface area contributed by atoms with Crippen LogP contribution >= 0.6 is 0 Å². The zero-order valence-corrected chi connectivity index (χ0v) is 11.7. The topological polar surface area (TPSA) is 38.8 Å². The normalized spacial score (nSPS) is 31.3. The van der Waals surface area contributed by atoms with Gasteiger partial charge in [-0.25, -0.2) is 4.79 Å². The molecule has 100 valence electrons. The molecule has 1 aliphatic heterocycles. The highest BCUT2D eigenvalue weighted by atomic mass is 16.7. The van der Waals surface area contributed by atoms with E-state index in [-0.39, 0.29) is 11.6 Å². The van der Waals surface area contributed by atoms with Gasteiger partial charge in [0, 0.05) is 0 Å². The first-order valence-electron chi connectivity index (χ1n) is 6.93. The Hall–Kier alpha value is -0.570. The number of unbranched alkanes of at least 4 members (excludes halogenated alkanes) is 3. The number of esters is 1. The van der Waals surface area contributed by atoms with Crippen LogP contribution in [0.3, 0.4) is 0 Å². The van der Waals surface area contributed by atoms with Gasteiger partial charge in [-0.15, -0.1) is 0 Å². The molecule has 3 heteroatoms. The molecular weight excluding hydrogens is 216 g/mol. The summed E-state index contributed by atoms with van der Waals surface area (Å²) in [6, 6.07) is 0. The number of rotatable bonds is 8. The minimum Gasteiger partial charge on any atom is -0.464 e. The zero-order valence-electron chi connectivity index (χ0n) is 11.7. The molecule has 0 bridgehead atoms. The fourth-order valence-corrected chi connectivity index (χ4v) is 2.60. The quantitative estimate of drug-likeness (QED) is 0.372. The maximum Gasteiger partial charge on any atom is 0.341 e. The highest BCUT2D eigenvalue weighted by molar-refractivity contribution is 5.84. The van der Waals surface area contributed by atoms with Crippen LogP contribution in [0.15, 0.2) is 0 Å². The van der Waals surface area contributed by atoms with E-state index in [0.29, 0.717) is 13.0 Å². The molecule has 17 heavy (non-hydrogen) atoms. The summed E-state index contributed by atoms with van der Waals surface area (Å²) < 4.78 is 10.9. The van der Waals surface area contributed by atoms with Crippen molar-refractivity contribution in [2.24, 2.45) is 0 Å². The van der Waals surface area contributed by atoms with Gasteiger partial charge < -0.3 is 9.47 Å². The molecule has 0 N–H and O–H groups in total. The van der Waals surface area contributed by atoms with E-state index in [1.54, 1.807) is 0 Å². The molecule has 0 aliphatic carbocycles. The van der Waals surface area contributed by atoms with Crippen LogP contribution in [0.25, 0.3) is 0 Å². The van der Waals surface area contributed by atoms with Crippen molar-refractivity contribution in [3.05, 3.63) is 0 Å². The van der Waals surface area contributed by atoms with Crippen LogP contribution in [0, 0.1) is 0 Å². The molecule has 2 unspecified atom stereocenters. The summed E-state index contributed by atoms with van der Waals surface area (Å²) >= 11 is 0. The second kappa shape index (κ2) is 5.85. The van der Waals surface area contributed by atoms with Crippen molar-refractivity contribution in [1.29, 1.82) is 0 Å². The lowest BCUT2D eigenvalue weighted by atomic mass is 9.87. The van der Waals surface area contributed by atoms with E-state index in [2.05, 4.69) is 6.92 Å². The number of hydrogen-bond donors (Lipinski definition) is 0. The first-order valence-corrected chi connectivity index (χ1v) is 6.93. The lowest BCUT2D eigenvalue weighted by Crippen LogP contribution is -2.34. The van der Waals surface area contributed by atoms with Gasteiger partial charge in [-0.2, -0.15) is 0 Å². The monoisotopic (exact) mass is 242 g/mol. The van der Waals surface area contributed by atoms with E-state index >= 15 is 0 Å².